The SMILES string of the molecule is CC1CCCN(S(=O)(=O)c2ccc(C(=O)N3CCN(Cc4ccc5c(c4)OCO5)CC3)cc2)C1. The van der Waals surface area contributed by atoms with Crippen molar-refractivity contribution in [1.82, 2.24) is 14.1 Å². The summed E-state index contributed by atoms with van der Waals surface area (Å²) in [6.07, 6.45) is 1.95. The molecule has 9 heteroatoms. The molecular weight excluding hydrogens is 454 g/mol. The number of sulfonamides is 1. The monoisotopic (exact) mass is 485 g/mol. The van der Waals surface area contributed by atoms with Crippen LogP contribution in [0.4, 0.5) is 0 Å². The number of amides is 1. The maximum Gasteiger partial charge on any atom is 0.253 e. The number of piperazine rings is 1. The van der Waals surface area contributed by atoms with Gasteiger partial charge in [0.15, 0.2) is 11.5 Å². The molecule has 0 saturated carbocycles. The average molecular weight is 486 g/mol. The highest BCUT2D eigenvalue weighted by Gasteiger charge is 2.29. The van der Waals surface area contributed by atoms with Crippen LogP contribution in [0.3, 0.4) is 0 Å². The fourth-order valence-electron chi connectivity index (χ4n) is 4.87. The molecule has 2 aromatic carbocycles. The summed E-state index contributed by atoms with van der Waals surface area (Å²) in [6, 6.07) is 12.4. The second-order valence-electron chi connectivity index (χ2n) is 9.39. The molecule has 0 aromatic heterocycles. The van der Waals surface area contributed by atoms with E-state index in [9.17, 15) is 13.2 Å². The number of carbonyl (C=O) groups is 1. The van der Waals surface area contributed by atoms with Gasteiger partial charge in [-0.2, -0.15) is 4.31 Å². The molecule has 5 rings (SSSR count). The van der Waals surface area contributed by atoms with Crippen molar-refractivity contribution < 1.29 is 22.7 Å². The van der Waals surface area contributed by atoms with E-state index in [0.29, 0.717) is 37.7 Å². The highest BCUT2D eigenvalue weighted by Crippen LogP contribution is 2.33. The van der Waals surface area contributed by atoms with Crippen LogP contribution in [-0.4, -0.2) is 74.5 Å². The van der Waals surface area contributed by atoms with E-state index in [-0.39, 0.29) is 17.6 Å². The highest BCUT2D eigenvalue weighted by atomic mass is 32.2. The van der Waals surface area contributed by atoms with Crippen molar-refractivity contribution in [1.29, 1.82) is 0 Å². The summed E-state index contributed by atoms with van der Waals surface area (Å²) < 4.78 is 38.3. The van der Waals surface area contributed by atoms with Gasteiger partial charge in [0.2, 0.25) is 16.8 Å². The van der Waals surface area contributed by atoms with E-state index in [2.05, 4.69) is 11.8 Å². The number of hydrogen-bond donors (Lipinski definition) is 0. The molecule has 0 bridgehead atoms. The predicted molar refractivity (Wildman–Crippen MR) is 127 cm³/mol. The van der Waals surface area contributed by atoms with E-state index in [1.54, 1.807) is 28.6 Å². The largest absolute Gasteiger partial charge is 0.454 e. The Bertz CT molecular complexity index is 1140. The molecular formula is C25H31N3O5S. The molecule has 1 amide bonds. The summed E-state index contributed by atoms with van der Waals surface area (Å²) in [5.74, 6) is 1.88. The normalized spacial score (nSPS) is 21.6. The number of hydrogen-bond acceptors (Lipinski definition) is 6. The lowest BCUT2D eigenvalue weighted by molar-refractivity contribution is 0.0628. The van der Waals surface area contributed by atoms with E-state index < -0.39 is 10.0 Å². The minimum Gasteiger partial charge on any atom is -0.454 e. The number of carbonyl (C=O) groups excluding carboxylic acids is 1. The van der Waals surface area contributed by atoms with Crippen molar-refractivity contribution in [3.05, 3.63) is 53.6 Å². The Balaban J connectivity index is 1.17. The van der Waals surface area contributed by atoms with Crippen LogP contribution in [0.5, 0.6) is 11.5 Å². The molecule has 0 spiro atoms. The molecule has 2 saturated heterocycles. The van der Waals surface area contributed by atoms with Crippen LogP contribution in [0.2, 0.25) is 0 Å². The van der Waals surface area contributed by atoms with Gasteiger partial charge < -0.3 is 14.4 Å². The fourth-order valence-corrected chi connectivity index (χ4v) is 6.47. The van der Waals surface area contributed by atoms with Crippen molar-refractivity contribution in [3.8, 4) is 11.5 Å². The summed E-state index contributed by atoms with van der Waals surface area (Å²) in [4.78, 5) is 17.4. The first-order valence-corrected chi connectivity index (χ1v) is 13.3. The van der Waals surface area contributed by atoms with Crippen molar-refractivity contribution >= 4 is 15.9 Å². The molecule has 1 unspecified atom stereocenters. The number of fused-ring (bicyclic) bond motifs is 1. The standard InChI is InChI=1S/C25H31N3O5S/c1-19-3-2-10-28(16-19)34(30,31)22-7-5-21(6-8-22)25(29)27-13-11-26(12-14-27)17-20-4-9-23-24(15-20)33-18-32-23/h4-9,15,19H,2-3,10-14,16-18H2,1H3. The zero-order valence-electron chi connectivity index (χ0n) is 19.5. The van der Waals surface area contributed by atoms with Crippen molar-refractivity contribution in [2.45, 2.75) is 31.2 Å². The number of ether oxygens (including phenoxy) is 2. The average Bonchev–Trinajstić information content (AvgIpc) is 3.32. The van der Waals surface area contributed by atoms with Gasteiger partial charge in [-0.15, -0.1) is 0 Å². The van der Waals surface area contributed by atoms with Crippen molar-refractivity contribution in [3.63, 3.8) is 0 Å². The van der Waals surface area contributed by atoms with E-state index in [1.165, 1.54) is 0 Å². The van der Waals surface area contributed by atoms with Gasteiger partial charge in [-0.3, -0.25) is 9.69 Å². The molecule has 3 aliphatic rings. The van der Waals surface area contributed by atoms with Crippen molar-refractivity contribution in [2.24, 2.45) is 5.92 Å². The Labute approximate surface area is 201 Å². The lowest BCUT2D eigenvalue weighted by atomic mass is 10.0. The molecule has 34 heavy (non-hydrogen) atoms. The summed E-state index contributed by atoms with van der Waals surface area (Å²) in [5.41, 5.74) is 1.68. The third-order valence-corrected chi connectivity index (χ3v) is 8.74. The molecule has 0 aliphatic carbocycles. The van der Waals surface area contributed by atoms with Gasteiger partial charge in [0.25, 0.3) is 5.91 Å². The van der Waals surface area contributed by atoms with Gasteiger partial charge >= 0.3 is 0 Å². The lowest BCUT2D eigenvalue weighted by Crippen LogP contribution is -2.48. The van der Waals surface area contributed by atoms with Gasteiger partial charge in [0.05, 0.1) is 4.90 Å². The van der Waals surface area contributed by atoms with Crippen LogP contribution >= 0.6 is 0 Å². The molecule has 0 N–H and O–H groups in total. The first-order chi connectivity index (χ1) is 16.4. The Morgan fingerprint density at radius 2 is 1.71 bits per heavy atom. The number of rotatable bonds is 5. The topological polar surface area (TPSA) is 79.4 Å². The first-order valence-electron chi connectivity index (χ1n) is 11.9. The summed E-state index contributed by atoms with van der Waals surface area (Å²) in [6.45, 7) is 7.08. The van der Waals surface area contributed by atoms with E-state index in [0.717, 1.165) is 49.5 Å². The molecule has 0 radical (unpaired) electrons. The predicted octanol–water partition coefficient (Wildman–Crippen LogP) is 2.79. The molecule has 8 nitrogen and oxygen atoms in total. The zero-order chi connectivity index (χ0) is 23.7. The summed E-state index contributed by atoms with van der Waals surface area (Å²) in [5, 5.41) is 0. The second kappa shape index (κ2) is 9.56. The number of nitrogens with zero attached hydrogens (tertiary/aromatic N) is 3. The number of benzene rings is 2. The minimum atomic E-state index is -3.52. The van der Waals surface area contributed by atoms with Crippen LogP contribution in [0.15, 0.2) is 47.4 Å². The third kappa shape index (κ3) is 4.78. The fraction of sp³-hybridized carbons (Fsp3) is 0.480. The van der Waals surface area contributed by atoms with Crippen LogP contribution in [0.25, 0.3) is 0 Å². The lowest BCUT2D eigenvalue weighted by Gasteiger charge is -2.35. The smallest absolute Gasteiger partial charge is 0.253 e. The Kier molecular flexibility index (Phi) is 6.50. The van der Waals surface area contributed by atoms with E-state index in [4.69, 9.17) is 9.47 Å². The van der Waals surface area contributed by atoms with Gasteiger partial charge in [-0.25, -0.2) is 8.42 Å². The zero-order valence-corrected chi connectivity index (χ0v) is 20.3. The summed E-state index contributed by atoms with van der Waals surface area (Å²) in [7, 11) is -3.52. The van der Waals surface area contributed by atoms with E-state index in [1.807, 2.05) is 23.1 Å². The maximum absolute atomic E-state index is 13.0. The van der Waals surface area contributed by atoms with Gasteiger partial charge in [0.1, 0.15) is 0 Å². The molecule has 1 atom stereocenters. The molecule has 2 aromatic rings. The van der Waals surface area contributed by atoms with Crippen LogP contribution < -0.4 is 9.47 Å². The minimum absolute atomic E-state index is 0.0572. The van der Waals surface area contributed by atoms with Crippen LogP contribution in [0.1, 0.15) is 35.7 Å². The first kappa shape index (κ1) is 23.1. The van der Waals surface area contributed by atoms with E-state index >= 15 is 0 Å². The Hall–Kier alpha value is -2.62. The van der Waals surface area contributed by atoms with Crippen LogP contribution in [-0.2, 0) is 16.6 Å². The quantitative estimate of drug-likeness (QED) is 0.648. The highest BCUT2D eigenvalue weighted by molar-refractivity contribution is 7.89. The van der Waals surface area contributed by atoms with Gasteiger partial charge in [-0.1, -0.05) is 13.0 Å². The summed E-state index contributed by atoms with van der Waals surface area (Å²) >= 11 is 0. The Morgan fingerprint density at radius 3 is 2.44 bits per heavy atom. The third-order valence-electron chi connectivity index (χ3n) is 6.86. The molecule has 182 valence electrons. The Morgan fingerprint density at radius 1 is 0.971 bits per heavy atom. The second-order valence-corrected chi connectivity index (χ2v) is 11.3. The maximum atomic E-state index is 13.0. The van der Waals surface area contributed by atoms with Crippen molar-refractivity contribution in [2.75, 3.05) is 46.1 Å². The molecule has 2 fully saturated rings. The van der Waals surface area contributed by atoms with Crippen LogP contribution in [0, 0.1) is 5.92 Å². The molecule has 3 heterocycles. The molecule has 3 aliphatic heterocycles. The van der Waals surface area contributed by atoms with Gasteiger partial charge in [0, 0.05) is 51.4 Å². The van der Waals surface area contributed by atoms with Gasteiger partial charge in [-0.05, 0) is 60.7 Å². The number of piperidine rings is 1.